The number of ether oxygens (including phenoxy) is 1. The highest BCUT2D eigenvalue weighted by Crippen LogP contribution is 2.39. The first kappa shape index (κ1) is 20.8. The highest BCUT2D eigenvalue weighted by atomic mass is 16.5. The number of nitrogens with zero attached hydrogens (tertiary/aromatic N) is 2. The molecule has 0 aliphatic heterocycles. The van der Waals surface area contributed by atoms with E-state index in [1.165, 1.54) is 12.8 Å². The summed E-state index contributed by atoms with van der Waals surface area (Å²) in [5.41, 5.74) is 4.34. The summed E-state index contributed by atoms with van der Waals surface area (Å²) in [4.78, 5) is 11.9. The van der Waals surface area contributed by atoms with E-state index in [-0.39, 0.29) is 6.03 Å². The van der Waals surface area contributed by atoms with Gasteiger partial charge in [0.15, 0.2) is 0 Å². The SMILES string of the molecule is CCCNC(=O)Nc1ccc(-c2c(C#N)c3cc(OCC)ccc3n2CC2CC2)cc1. The number of carbonyl (C=O) groups excluding carboxylic acids is 1. The topological polar surface area (TPSA) is 79.1 Å². The van der Waals surface area contributed by atoms with Gasteiger partial charge in [-0.1, -0.05) is 19.1 Å². The number of hydrogen-bond acceptors (Lipinski definition) is 3. The summed E-state index contributed by atoms with van der Waals surface area (Å²) >= 11 is 0. The van der Waals surface area contributed by atoms with Gasteiger partial charge in [-0.25, -0.2) is 4.79 Å². The molecule has 160 valence electrons. The number of hydrogen-bond donors (Lipinski definition) is 2. The van der Waals surface area contributed by atoms with Crippen LogP contribution in [0.2, 0.25) is 0 Å². The van der Waals surface area contributed by atoms with E-state index in [1.54, 1.807) is 0 Å². The smallest absolute Gasteiger partial charge is 0.319 e. The number of aromatic nitrogens is 1. The summed E-state index contributed by atoms with van der Waals surface area (Å²) in [6.07, 6.45) is 3.35. The van der Waals surface area contributed by atoms with Gasteiger partial charge in [0.1, 0.15) is 11.8 Å². The summed E-state index contributed by atoms with van der Waals surface area (Å²) in [5.74, 6) is 1.44. The van der Waals surface area contributed by atoms with Crippen LogP contribution in [0.4, 0.5) is 10.5 Å². The van der Waals surface area contributed by atoms with Crippen LogP contribution in [0.25, 0.3) is 22.2 Å². The maximum atomic E-state index is 11.9. The monoisotopic (exact) mass is 416 g/mol. The Balaban J connectivity index is 1.73. The minimum Gasteiger partial charge on any atom is -0.494 e. The zero-order valence-corrected chi connectivity index (χ0v) is 18.1. The summed E-state index contributed by atoms with van der Waals surface area (Å²) < 4.78 is 7.95. The van der Waals surface area contributed by atoms with Crippen molar-refractivity contribution in [2.45, 2.75) is 39.7 Å². The van der Waals surface area contributed by atoms with Gasteiger partial charge in [0.2, 0.25) is 0 Å². The Labute approximate surface area is 182 Å². The minimum absolute atomic E-state index is 0.210. The van der Waals surface area contributed by atoms with Gasteiger partial charge in [0.05, 0.1) is 23.4 Å². The zero-order chi connectivity index (χ0) is 21.8. The third-order valence-electron chi connectivity index (χ3n) is 5.55. The maximum Gasteiger partial charge on any atom is 0.319 e. The molecule has 1 aromatic heterocycles. The molecule has 2 aromatic carbocycles. The van der Waals surface area contributed by atoms with Crippen LogP contribution in [0.3, 0.4) is 0 Å². The van der Waals surface area contributed by atoms with Crippen LogP contribution in [0, 0.1) is 17.2 Å². The lowest BCUT2D eigenvalue weighted by Crippen LogP contribution is -2.29. The molecule has 1 aliphatic rings. The average Bonchev–Trinajstić information content (AvgIpc) is 3.54. The van der Waals surface area contributed by atoms with Crippen molar-refractivity contribution in [2.24, 2.45) is 5.92 Å². The Morgan fingerprint density at radius 2 is 1.97 bits per heavy atom. The molecule has 6 nitrogen and oxygen atoms in total. The number of nitrogens with one attached hydrogen (secondary N) is 2. The normalized spacial score (nSPS) is 13.1. The molecular weight excluding hydrogens is 388 g/mol. The van der Waals surface area contributed by atoms with Crippen molar-refractivity contribution in [1.29, 1.82) is 5.26 Å². The summed E-state index contributed by atoms with van der Waals surface area (Å²) in [5, 5.41) is 16.6. The molecule has 0 bridgehead atoms. The molecule has 0 unspecified atom stereocenters. The van der Waals surface area contributed by atoms with Crippen molar-refractivity contribution in [2.75, 3.05) is 18.5 Å². The van der Waals surface area contributed by atoms with Crippen LogP contribution >= 0.6 is 0 Å². The van der Waals surface area contributed by atoms with Crippen molar-refractivity contribution >= 4 is 22.6 Å². The second-order valence-electron chi connectivity index (χ2n) is 7.96. The number of anilines is 1. The second-order valence-corrected chi connectivity index (χ2v) is 7.96. The highest BCUT2D eigenvalue weighted by Gasteiger charge is 2.26. The maximum absolute atomic E-state index is 11.9. The fraction of sp³-hybridized carbons (Fsp3) is 0.360. The minimum atomic E-state index is -0.210. The number of benzene rings is 2. The Bertz CT molecular complexity index is 1120. The van der Waals surface area contributed by atoms with E-state index in [2.05, 4.69) is 27.3 Å². The number of urea groups is 1. The third-order valence-corrected chi connectivity index (χ3v) is 5.55. The van der Waals surface area contributed by atoms with Gasteiger partial charge in [0.25, 0.3) is 0 Å². The molecule has 2 amide bonds. The predicted molar refractivity (Wildman–Crippen MR) is 123 cm³/mol. The fourth-order valence-electron chi connectivity index (χ4n) is 3.88. The largest absolute Gasteiger partial charge is 0.494 e. The van der Waals surface area contributed by atoms with Gasteiger partial charge in [-0.3, -0.25) is 0 Å². The first-order valence-corrected chi connectivity index (χ1v) is 11.0. The molecule has 31 heavy (non-hydrogen) atoms. The molecule has 6 heteroatoms. The average molecular weight is 417 g/mol. The lowest BCUT2D eigenvalue weighted by molar-refractivity contribution is 0.252. The molecule has 1 aliphatic carbocycles. The predicted octanol–water partition coefficient (Wildman–Crippen LogP) is 5.52. The molecule has 4 rings (SSSR count). The van der Waals surface area contributed by atoms with Crippen molar-refractivity contribution in [3.63, 3.8) is 0 Å². The van der Waals surface area contributed by atoms with E-state index >= 15 is 0 Å². The molecule has 0 saturated heterocycles. The van der Waals surface area contributed by atoms with E-state index in [0.29, 0.717) is 24.6 Å². The Morgan fingerprint density at radius 1 is 1.19 bits per heavy atom. The summed E-state index contributed by atoms with van der Waals surface area (Å²) in [6, 6.07) is 15.9. The lowest BCUT2D eigenvalue weighted by atomic mass is 10.1. The molecule has 0 spiro atoms. The van der Waals surface area contributed by atoms with Crippen LogP contribution in [0.1, 0.15) is 38.7 Å². The second kappa shape index (κ2) is 9.13. The molecule has 1 fully saturated rings. The highest BCUT2D eigenvalue weighted by molar-refractivity contribution is 5.96. The molecular formula is C25H28N4O2. The Morgan fingerprint density at radius 3 is 2.61 bits per heavy atom. The molecule has 0 atom stereocenters. The van der Waals surface area contributed by atoms with E-state index in [9.17, 15) is 10.1 Å². The van der Waals surface area contributed by atoms with Crippen molar-refractivity contribution in [1.82, 2.24) is 9.88 Å². The third kappa shape index (κ3) is 4.51. The first-order valence-electron chi connectivity index (χ1n) is 11.0. The van der Waals surface area contributed by atoms with Crippen molar-refractivity contribution in [3.05, 3.63) is 48.0 Å². The number of amides is 2. The van der Waals surface area contributed by atoms with E-state index in [0.717, 1.165) is 46.6 Å². The van der Waals surface area contributed by atoms with Crippen LogP contribution in [0.15, 0.2) is 42.5 Å². The van der Waals surface area contributed by atoms with E-state index in [4.69, 9.17) is 4.74 Å². The Hall–Kier alpha value is -3.46. The van der Waals surface area contributed by atoms with Gasteiger partial charge >= 0.3 is 6.03 Å². The van der Waals surface area contributed by atoms with Gasteiger partial charge in [-0.05, 0) is 68.0 Å². The van der Waals surface area contributed by atoms with E-state index < -0.39 is 0 Å². The fourth-order valence-corrected chi connectivity index (χ4v) is 3.88. The number of rotatable bonds is 8. The van der Waals surface area contributed by atoms with E-state index in [1.807, 2.05) is 50.2 Å². The number of carbonyl (C=O) groups is 1. The van der Waals surface area contributed by atoms with Crippen molar-refractivity contribution in [3.8, 4) is 23.1 Å². The van der Waals surface area contributed by atoms with Gasteiger partial charge < -0.3 is 19.9 Å². The lowest BCUT2D eigenvalue weighted by Gasteiger charge is -2.12. The molecule has 3 aromatic rings. The van der Waals surface area contributed by atoms with Crippen molar-refractivity contribution < 1.29 is 9.53 Å². The standard InChI is InChI=1S/C25H28N4O2/c1-3-13-27-25(30)28-19-9-7-18(8-10-19)24-22(15-26)21-14-20(31-4-2)11-12-23(21)29(24)16-17-5-6-17/h7-12,14,17H,3-6,13,16H2,1-2H3,(H2,27,28,30). The Kier molecular flexibility index (Phi) is 6.13. The van der Waals surface area contributed by atoms with Gasteiger partial charge in [0, 0.05) is 24.2 Å². The van der Waals surface area contributed by atoms with Crippen LogP contribution in [-0.2, 0) is 6.54 Å². The molecule has 2 N–H and O–H groups in total. The summed E-state index contributed by atoms with van der Waals surface area (Å²) in [7, 11) is 0. The molecule has 0 radical (unpaired) electrons. The van der Waals surface area contributed by atoms with Gasteiger partial charge in [-0.2, -0.15) is 5.26 Å². The quantitative estimate of drug-likeness (QED) is 0.507. The number of fused-ring (bicyclic) bond motifs is 1. The van der Waals surface area contributed by atoms with Crippen LogP contribution in [-0.4, -0.2) is 23.7 Å². The first-order chi connectivity index (χ1) is 15.1. The number of nitriles is 1. The van der Waals surface area contributed by atoms with Crippen LogP contribution in [0.5, 0.6) is 5.75 Å². The van der Waals surface area contributed by atoms with Crippen LogP contribution < -0.4 is 15.4 Å². The zero-order valence-electron chi connectivity index (χ0n) is 18.1. The summed E-state index contributed by atoms with van der Waals surface area (Å²) in [6.45, 7) is 6.10. The molecule has 1 heterocycles. The van der Waals surface area contributed by atoms with Gasteiger partial charge in [-0.15, -0.1) is 0 Å². The molecule has 1 saturated carbocycles.